The van der Waals surface area contributed by atoms with E-state index in [4.69, 9.17) is 16.6 Å². The highest BCUT2D eigenvalue weighted by Crippen LogP contribution is 2.38. The van der Waals surface area contributed by atoms with Gasteiger partial charge in [0.05, 0.1) is 21.5 Å². The number of aromatic nitrogens is 3. The number of halogens is 1. The standard InChI is InChI=1S/C31H22ClN3O2S/c1-18-14-19(2)16-22(15-18)35-30(37)23-10-6-7-11-25(23)34-31(35)38-28-27(20-8-4-3-5-9-20)24-17-21(32)12-13-26(24)33-29(28)36/h3-17H,1-2H3,(H,33,36). The number of hydrogen-bond donors (Lipinski definition) is 1. The van der Waals surface area contributed by atoms with E-state index in [1.165, 1.54) is 11.8 Å². The molecule has 0 saturated carbocycles. The highest BCUT2D eigenvalue weighted by molar-refractivity contribution is 7.99. The van der Waals surface area contributed by atoms with Crippen LogP contribution in [0.15, 0.2) is 111 Å². The van der Waals surface area contributed by atoms with Crippen molar-refractivity contribution in [3.05, 3.63) is 128 Å². The average Bonchev–Trinajstić information content (AvgIpc) is 2.89. The van der Waals surface area contributed by atoms with Crippen LogP contribution in [0.3, 0.4) is 0 Å². The second-order valence-corrected chi connectivity index (χ2v) is 10.6. The summed E-state index contributed by atoms with van der Waals surface area (Å²) in [5, 5.41) is 2.29. The molecule has 0 unspecified atom stereocenters. The Balaban J connectivity index is 1.68. The van der Waals surface area contributed by atoms with Crippen LogP contribution in [0.5, 0.6) is 0 Å². The predicted molar refractivity (Wildman–Crippen MR) is 156 cm³/mol. The van der Waals surface area contributed by atoms with Gasteiger partial charge in [-0.3, -0.25) is 14.2 Å². The Kier molecular flexibility index (Phi) is 6.14. The van der Waals surface area contributed by atoms with Crippen molar-refractivity contribution in [2.24, 2.45) is 0 Å². The summed E-state index contributed by atoms with van der Waals surface area (Å²) in [4.78, 5) is 35.8. The maximum absolute atomic E-state index is 13.9. The van der Waals surface area contributed by atoms with Crippen LogP contribution in [-0.2, 0) is 0 Å². The van der Waals surface area contributed by atoms with E-state index in [0.717, 1.165) is 27.6 Å². The number of H-pyrrole nitrogens is 1. The Morgan fingerprint density at radius 2 is 1.53 bits per heavy atom. The van der Waals surface area contributed by atoms with E-state index in [-0.39, 0.29) is 11.1 Å². The van der Waals surface area contributed by atoms with Crippen LogP contribution < -0.4 is 11.1 Å². The minimum Gasteiger partial charge on any atom is -0.321 e. The molecule has 0 saturated heterocycles. The van der Waals surface area contributed by atoms with E-state index in [0.29, 0.717) is 37.2 Å². The third-order valence-corrected chi connectivity index (χ3v) is 7.68. The van der Waals surface area contributed by atoms with E-state index in [1.54, 1.807) is 22.8 Å². The van der Waals surface area contributed by atoms with Crippen LogP contribution in [0.2, 0.25) is 5.02 Å². The zero-order chi connectivity index (χ0) is 26.4. The average molecular weight is 536 g/mol. The van der Waals surface area contributed by atoms with Crippen molar-refractivity contribution < 1.29 is 0 Å². The van der Waals surface area contributed by atoms with Crippen molar-refractivity contribution in [2.45, 2.75) is 23.9 Å². The van der Waals surface area contributed by atoms with E-state index in [9.17, 15) is 9.59 Å². The molecule has 0 spiro atoms. The second kappa shape index (κ2) is 9.63. The number of hydrogen-bond acceptors (Lipinski definition) is 4. The number of para-hydroxylation sites is 1. The minimum atomic E-state index is -0.266. The van der Waals surface area contributed by atoms with Crippen LogP contribution in [-0.4, -0.2) is 14.5 Å². The van der Waals surface area contributed by atoms with Crippen LogP contribution in [0.25, 0.3) is 38.6 Å². The molecular weight excluding hydrogens is 514 g/mol. The van der Waals surface area contributed by atoms with Gasteiger partial charge in [0.15, 0.2) is 5.16 Å². The van der Waals surface area contributed by atoms with Gasteiger partial charge in [0.25, 0.3) is 11.1 Å². The summed E-state index contributed by atoms with van der Waals surface area (Å²) in [5.74, 6) is 0. The summed E-state index contributed by atoms with van der Waals surface area (Å²) in [5.41, 5.74) is 5.17. The van der Waals surface area contributed by atoms with Crippen molar-refractivity contribution in [2.75, 3.05) is 0 Å². The van der Waals surface area contributed by atoms with Crippen molar-refractivity contribution in [3.8, 4) is 16.8 Å². The van der Waals surface area contributed by atoms with E-state index >= 15 is 0 Å². The highest BCUT2D eigenvalue weighted by atomic mass is 35.5. The maximum atomic E-state index is 13.9. The normalized spacial score (nSPS) is 11.3. The molecule has 1 N–H and O–H groups in total. The molecule has 0 amide bonds. The Bertz CT molecular complexity index is 1960. The van der Waals surface area contributed by atoms with Crippen molar-refractivity contribution in [1.82, 2.24) is 14.5 Å². The zero-order valence-electron chi connectivity index (χ0n) is 20.7. The molecule has 0 radical (unpaired) electrons. The fourth-order valence-corrected chi connectivity index (χ4v) is 6.07. The van der Waals surface area contributed by atoms with Gasteiger partial charge in [0, 0.05) is 21.5 Å². The van der Waals surface area contributed by atoms with Gasteiger partial charge in [0.2, 0.25) is 0 Å². The topological polar surface area (TPSA) is 67.8 Å². The molecule has 186 valence electrons. The minimum absolute atomic E-state index is 0.190. The number of fused-ring (bicyclic) bond motifs is 2. The number of nitrogens with one attached hydrogen (secondary N) is 1. The Hall–Kier alpha value is -4.13. The summed E-state index contributed by atoms with van der Waals surface area (Å²) >= 11 is 7.58. The van der Waals surface area contributed by atoms with Crippen molar-refractivity contribution >= 4 is 45.2 Å². The monoisotopic (exact) mass is 535 g/mol. The number of rotatable bonds is 4. The largest absolute Gasteiger partial charge is 0.321 e. The molecule has 0 aliphatic rings. The molecular formula is C31H22ClN3O2S. The molecule has 2 heterocycles. The molecule has 6 rings (SSSR count). The molecule has 0 bridgehead atoms. The molecule has 38 heavy (non-hydrogen) atoms. The summed E-state index contributed by atoms with van der Waals surface area (Å²) in [6.07, 6.45) is 0. The maximum Gasteiger partial charge on any atom is 0.266 e. The van der Waals surface area contributed by atoms with Gasteiger partial charge in [-0.25, -0.2) is 4.98 Å². The Labute approximate surface area is 227 Å². The summed E-state index contributed by atoms with van der Waals surface area (Å²) in [6, 6.07) is 28.4. The lowest BCUT2D eigenvalue weighted by atomic mass is 10.0. The van der Waals surface area contributed by atoms with Crippen LogP contribution in [0.4, 0.5) is 0 Å². The fraction of sp³-hybridized carbons (Fsp3) is 0.0645. The van der Waals surface area contributed by atoms with Crippen LogP contribution in [0.1, 0.15) is 11.1 Å². The third-order valence-electron chi connectivity index (χ3n) is 6.40. The predicted octanol–water partition coefficient (Wildman–Crippen LogP) is 7.32. The smallest absolute Gasteiger partial charge is 0.266 e. The van der Waals surface area contributed by atoms with Gasteiger partial charge in [-0.2, -0.15) is 0 Å². The summed E-state index contributed by atoms with van der Waals surface area (Å²) < 4.78 is 1.60. The summed E-state index contributed by atoms with van der Waals surface area (Å²) in [7, 11) is 0. The third kappa shape index (κ3) is 4.32. The van der Waals surface area contributed by atoms with Gasteiger partial charge < -0.3 is 4.98 Å². The fourth-order valence-electron chi connectivity index (χ4n) is 4.82. The molecule has 4 aromatic carbocycles. The first-order chi connectivity index (χ1) is 18.4. The first-order valence-electron chi connectivity index (χ1n) is 12.1. The number of aromatic amines is 1. The molecule has 0 fully saturated rings. The SMILES string of the molecule is Cc1cc(C)cc(-n2c(Sc3c(-c4ccccc4)c4cc(Cl)ccc4[nH]c3=O)nc3ccccc3c2=O)c1. The molecule has 6 aromatic rings. The zero-order valence-corrected chi connectivity index (χ0v) is 22.2. The van der Waals surface area contributed by atoms with E-state index in [1.807, 2.05) is 80.6 Å². The first kappa shape index (κ1) is 24.2. The first-order valence-corrected chi connectivity index (χ1v) is 13.3. The number of pyridine rings is 1. The van der Waals surface area contributed by atoms with Gasteiger partial charge >= 0.3 is 0 Å². The van der Waals surface area contributed by atoms with Gasteiger partial charge in [-0.1, -0.05) is 60.1 Å². The molecule has 5 nitrogen and oxygen atoms in total. The van der Waals surface area contributed by atoms with E-state index in [2.05, 4.69) is 11.1 Å². The molecule has 0 aliphatic heterocycles. The Morgan fingerprint density at radius 1 is 0.816 bits per heavy atom. The lowest BCUT2D eigenvalue weighted by Crippen LogP contribution is -2.22. The quantitative estimate of drug-likeness (QED) is 0.240. The number of nitrogens with zero attached hydrogens (tertiary/aromatic N) is 2. The Morgan fingerprint density at radius 3 is 2.29 bits per heavy atom. The second-order valence-electron chi connectivity index (χ2n) is 9.21. The lowest BCUT2D eigenvalue weighted by Gasteiger charge is -2.17. The van der Waals surface area contributed by atoms with Gasteiger partial charge in [-0.15, -0.1) is 0 Å². The van der Waals surface area contributed by atoms with Crippen LogP contribution in [0, 0.1) is 13.8 Å². The van der Waals surface area contributed by atoms with Crippen molar-refractivity contribution in [3.63, 3.8) is 0 Å². The number of benzene rings is 4. The van der Waals surface area contributed by atoms with Gasteiger partial charge in [-0.05, 0) is 84.8 Å². The lowest BCUT2D eigenvalue weighted by molar-refractivity contribution is 0.817. The number of aryl methyl sites for hydroxylation is 2. The molecule has 0 aliphatic carbocycles. The van der Waals surface area contributed by atoms with Crippen LogP contribution >= 0.6 is 23.4 Å². The molecule has 0 atom stereocenters. The molecule has 2 aromatic heterocycles. The van der Waals surface area contributed by atoms with E-state index < -0.39 is 0 Å². The molecule has 7 heteroatoms. The summed E-state index contributed by atoms with van der Waals surface area (Å²) in [6.45, 7) is 3.99. The van der Waals surface area contributed by atoms with Crippen molar-refractivity contribution in [1.29, 1.82) is 0 Å². The highest BCUT2D eigenvalue weighted by Gasteiger charge is 2.21. The van der Waals surface area contributed by atoms with Gasteiger partial charge in [0.1, 0.15) is 0 Å².